The molecule has 16 heavy (non-hydrogen) atoms. The van der Waals surface area contributed by atoms with Crippen molar-refractivity contribution < 1.29 is 0 Å². The van der Waals surface area contributed by atoms with E-state index in [9.17, 15) is 0 Å². The van der Waals surface area contributed by atoms with E-state index in [1.807, 2.05) is 0 Å². The van der Waals surface area contributed by atoms with Crippen molar-refractivity contribution in [3.63, 3.8) is 0 Å². The highest BCUT2D eigenvalue weighted by atomic mass is 15.3. The van der Waals surface area contributed by atoms with Gasteiger partial charge in [0.2, 0.25) is 0 Å². The normalized spacial score (nSPS) is 35.0. The van der Waals surface area contributed by atoms with Crippen molar-refractivity contribution in [3.05, 3.63) is 12.2 Å². The van der Waals surface area contributed by atoms with Crippen LogP contribution in [0.2, 0.25) is 0 Å². The van der Waals surface area contributed by atoms with Crippen LogP contribution in [0.15, 0.2) is 12.2 Å². The van der Waals surface area contributed by atoms with Gasteiger partial charge in [0.05, 0.1) is 0 Å². The third-order valence-corrected chi connectivity index (χ3v) is 4.20. The molecule has 2 heterocycles. The van der Waals surface area contributed by atoms with Crippen LogP contribution in [0, 0.1) is 0 Å². The lowest BCUT2D eigenvalue weighted by molar-refractivity contribution is 0.142. The van der Waals surface area contributed by atoms with E-state index in [-0.39, 0.29) is 5.54 Å². The van der Waals surface area contributed by atoms with E-state index in [0.29, 0.717) is 6.04 Å². The third-order valence-electron chi connectivity index (χ3n) is 4.20. The van der Waals surface area contributed by atoms with Gasteiger partial charge >= 0.3 is 0 Å². The molecule has 0 aromatic heterocycles. The Morgan fingerprint density at radius 1 is 1.50 bits per heavy atom. The third kappa shape index (κ3) is 2.17. The quantitative estimate of drug-likeness (QED) is 0.702. The summed E-state index contributed by atoms with van der Waals surface area (Å²) in [4.78, 5) is 2.63. The highest BCUT2D eigenvalue weighted by Gasteiger charge is 2.46. The lowest BCUT2D eigenvalue weighted by Gasteiger charge is -2.41. The molecule has 3 nitrogen and oxygen atoms in total. The van der Waals surface area contributed by atoms with E-state index in [4.69, 9.17) is 5.73 Å². The maximum Gasteiger partial charge on any atom is 0.0476 e. The average Bonchev–Trinajstić information content (AvgIpc) is 2.66. The molecule has 2 aliphatic rings. The Labute approximate surface area is 99.1 Å². The van der Waals surface area contributed by atoms with Gasteiger partial charge in [-0.2, -0.15) is 0 Å². The van der Waals surface area contributed by atoms with Crippen LogP contribution in [0.1, 0.15) is 32.6 Å². The first-order valence-electron chi connectivity index (χ1n) is 6.51. The molecule has 0 radical (unpaired) electrons. The smallest absolute Gasteiger partial charge is 0.0476 e. The Bertz CT molecular complexity index is 264. The fourth-order valence-corrected chi connectivity index (χ4v) is 3.24. The zero-order valence-electron chi connectivity index (χ0n) is 10.5. The average molecular weight is 223 g/mol. The number of piperidine rings is 1. The summed E-state index contributed by atoms with van der Waals surface area (Å²) >= 11 is 0. The summed E-state index contributed by atoms with van der Waals surface area (Å²) in [5.41, 5.74) is 7.39. The summed E-state index contributed by atoms with van der Waals surface area (Å²) in [5.74, 6) is 0. The SMILES string of the molecule is C=C(C)CNC1(CN)CCN2CCCCC21. The Morgan fingerprint density at radius 2 is 2.31 bits per heavy atom. The fraction of sp³-hybridized carbons (Fsp3) is 0.846. The number of nitrogens with two attached hydrogens (primary N) is 1. The molecule has 0 bridgehead atoms. The second-order valence-electron chi connectivity index (χ2n) is 5.47. The van der Waals surface area contributed by atoms with Gasteiger partial charge in [-0.15, -0.1) is 0 Å². The number of fused-ring (bicyclic) bond motifs is 1. The van der Waals surface area contributed by atoms with Crippen LogP contribution in [-0.2, 0) is 0 Å². The number of nitrogens with zero attached hydrogens (tertiary/aromatic N) is 1. The maximum absolute atomic E-state index is 6.04. The maximum atomic E-state index is 6.04. The molecule has 2 saturated heterocycles. The Balaban J connectivity index is 2.05. The van der Waals surface area contributed by atoms with Crippen LogP contribution >= 0.6 is 0 Å². The molecule has 3 heteroatoms. The number of hydrogen-bond acceptors (Lipinski definition) is 3. The van der Waals surface area contributed by atoms with E-state index in [1.54, 1.807) is 0 Å². The molecule has 2 aliphatic heterocycles. The van der Waals surface area contributed by atoms with Crippen LogP contribution in [0.4, 0.5) is 0 Å². The first-order valence-corrected chi connectivity index (χ1v) is 6.51. The van der Waals surface area contributed by atoms with Crippen molar-refractivity contribution in [2.24, 2.45) is 5.73 Å². The van der Waals surface area contributed by atoms with Crippen LogP contribution in [0.5, 0.6) is 0 Å². The number of nitrogens with one attached hydrogen (secondary N) is 1. The second kappa shape index (κ2) is 4.86. The lowest BCUT2D eigenvalue weighted by atomic mass is 9.85. The van der Waals surface area contributed by atoms with Gasteiger partial charge in [0.15, 0.2) is 0 Å². The summed E-state index contributed by atoms with van der Waals surface area (Å²) < 4.78 is 0. The molecule has 0 aromatic carbocycles. The van der Waals surface area contributed by atoms with Crippen molar-refractivity contribution >= 4 is 0 Å². The number of hydrogen-bond donors (Lipinski definition) is 2. The van der Waals surface area contributed by atoms with E-state index in [2.05, 4.69) is 23.7 Å². The molecule has 92 valence electrons. The molecule has 3 N–H and O–H groups in total. The van der Waals surface area contributed by atoms with Crippen LogP contribution < -0.4 is 11.1 Å². The van der Waals surface area contributed by atoms with Crippen molar-refractivity contribution in [1.29, 1.82) is 0 Å². The largest absolute Gasteiger partial charge is 0.329 e. The summed E-state index contributed by atoms with van der Waals surface area (Å²) in [7, 11) is 0. The van der Waals surface area contributed by atoms with Crippen LogP contribution in [-0.4, -0.2) is 42.7 Å². The van der Waals surface area contributed by atoms with E-state index in [0.717, 1.165) is 13.1 Å². The lowest BCUT2D eigenvalue weighted by Crippen LogP contribution is -2.60. The predicted octanol–water partition coefficient (Wildman–Crippen LogP) is 1.11. The summed E-state index contributed by atoms with van der Waals surface area (Å²) in [6.07, 6.45) is 5.22. The fourth-order valence-electron chi connectivity index (χ4n) is 3.24. The van der Waals surface area contributed by atoms with Gasteiger partial charge in [0.25, 0.3) is 0 Å². The first-order chi connectivity index (χ1) is 7.68. The Hall–Kier alpha value is -0.380. The summed E-state index contributed by atoms with van der Waals surface area (Å²) in [6.45, 7) is 10.2. The molecule has 0 aliphatic carbocycles. The molecule has 2 rings (SSSR count). The molecule has 0 spiro atoms. The monoisotopic (exact) mass is 223 g/mol. The molecular weight excluding hydrogens is 198 g/mol. The zero-order valence-corrected chi connectivity index (χ0v) is 10.5. The van der Waals surface area contributed by atoms with Gasteiger partial charge < -0.3 is 11.1 Å². The molecule has 2 fully saturated rings. The van der Waals surface area contributed by atoms with Gasteiger partial charge in [0.1, 0.15) is 0 Å². The van der Waals surface area contributed by atoms with Gasteiger partial charge in [-0.05, 0) is 32.7 Å². The van der Waals surface area contributed by atoms with Crippen molar-refractivity contribution in [3.8, 4) is 0 Å². The highest BCUT2D eigenvalue weighted by molar-refractivity contribution is 5.09. The first kappa shape index (κ1) is 12.1. The Morgan fingerprint density at radius 3 is 3.00 bits per heavy atom. The van der Waals surface area contributed by atoms with Gasteiger partial charge in [0, 0.05) is 31.2 Å². The second-order valence-corrected chi connectivity index (χ2v) is 5.47. The molecule has 2 unspecified atom stereocenters. The van der Waals surface area contributed by atoms with Crippen molar-refractivity contribution in [1.82, 2.24) is 10.2 Å². The van der Waals surface area contributed by atoms with Crippen LogP contribution in [0.25, 0.3) is 0 Å². The van der Waals surface area contributed by atoms with E-state index < -0.39 is 0 Å². The zero-order chi connectivity index (χ0) is 11.6. The molecular formula is C13H25N3. The number of rotatable bonds is 4. The summed E-state index contributed by atoms with van der Waals surface area (Å²) in [5, 5.41) is 3.68. The highest BCUT2D eigenvalue weighted by Crippen LogP contribution is 2.34. The van der Waals surface area contributed by atoms with Crippen molar-refractivity contribution in [2.75, 3.05) is 26.2 Å². The minimum absolute atomic E-state index is 0.152. The standard InChI is InChI=1S/C13H25N3/c1-11(2)9-15-13(10-14)6-8-16-7-4-3-5-12(13)16/h12,15H,1,3-10,14H2,2H3. The molecule has 0 aromatic rings. The summed E-state index contributed by atoms with van der Waals surface area (Å²) in [6, 6.07) is 0.658. The van der Waals surface area contributed by atoms with Crippen molar-refractivity contribution in [2.45, 2.75) is 44.2 Å². The minimum Gasteiger partial charge on any atom is -0.329 e. The van der Waals surface area contributed by atoms with Gasteiger partial charge in [-0.1, -0.05) is 18.6 Å². The Kier molecular flexibility index (Phi) is 3.67. The topological polar surface area (TPSA) is 41.3 Å². The van der Waals surface area contributed by atoms with E-state index in [1.165, 1.54) is 44.3 Å². The molecule has 0 amide bonds. The van der Waals surface area contributed by atoms with Crippen LogP contribution in [0.3, 0.4) is 0 Å². The van der Waals surface area contributed by atoms with E-state index >= 15 is 0 Å². The predicted molar refractivity (Wildman–Crippen MR) is 68.4 cm³/mol. The minimum atomic E-state index is 0.152. The van der Waals surface area contributed by atoms with Gasteiger partial charge in [-0.25, -0.2) is 0 Å². The molecule has 0 saturated carbocycles. The molecule has 2 atom stereocenters. The van der Waals surface area contributed by atoms with Gasteiger partial charge in [-0.3, -0.25) is 4.90 Å².